The van der Waals surface area contributed by atoms with E-state index in [-0.39, 0.29) is 5.84 Å². The fourth-order valence-electron chi connectivity index (χ4n) is 3.04. The Morgan fingerprint density at radius 1 is 1.29 bits per heavy atom. The molecule has 1 aliphatic heterocycles. The van der Waals surface area contributed by atoms with Crippen molar-refractivity contribution in [1.29, 1.82) is 5.41 Å². The molecule has 0 unspecified atom stereocenters. The quantitative estimate of drug-likeness (QED) is 0.632. The zero-order chi connectivity index (χ0) is 14.8. The van der Waals surface area contributed by atoms with E-state index >= 15 is 0 Å². The van der Waals surface area contributed by atoms with Gasteiger partial charge in [0.2, 0.25) is 0 Å². The van der Waals surface area contributed by atoms with Crippen LogP contribution in [0.5, 0.6) is 5.75 Å². The fourth-order valence-corrected chi connectivity index (χ4v) is 3.04. The Balaban J connectivity index is 1.66. The zero-order valence-electron chi connectivity index (χ0n) is 12.6. The molecule has 0 bridgehead atoms. The molecule has 1 aromatic rings. The lowest BCUT2D eigenvalue weighted by atomic mass is 10.1. The molecule has 2 fully saturated rings. The van der Waals surface area contributed by atoms with Gasteiger partial charge in [0, 0.05) is 49.9 Å². The monoisotopic (exact) mass is 288 g/mol. The zero-order valence-corrected chi connectivity index (χ0v) is 12.6. The summed E-state index contributed by atoms with van der Waals surface area (Å²) in [7, 11) is 1.69. The standard InChI is InChI=1S/C16H24N4O/c1-21-15-5-2-12(16(17)18)10-13(15)11-19-6-8-20(9-7-19)14-3-4-14/h2,5,10,14H,3-4,6-9,11H2,1H3,(H3,17,18). The van der Waals surface area contributed by atoms with E-state index in [1.807, 2.05) is 18.2 Å². The Bertz CT molecular complexity index is 519. The molecule has 0 radical (unpaired) electrons. The van der Waals surface area contributed by atoms with Gasteiger partial charge in [-0.25, -0.2) is 0 Å². The summed E-state index contributed by atoms with van der Waals surface area (Å²) < 4.78 is 5.44. The van der Waals surface area contributed by atoms with Crippen molar-refractivity contribution >= 4 is 5.84 Å². The van der Waals surface area contributed by atoms with E-state index in [1.54, 1.807) is 7.11 Å². The average molecular weight is 288 g/mol. The van der Waals surface area contributed by atoms with Crippen molar-refractivity contribution in [3.8, 4) is 5.75 Å². The van der Waals surface area contributed by atoms with Crippen molar-refractivity contribution in [1.82, 2.24) is 9.80 Å². The SMILES string of the molecule is COc1ccc(C(=N)N)cc1CN1CCN(C2CC2)CC1. The molecular weight excluding hydrogens is 264 g/mol. The van der Waals surface area contributed by atoms with E-state index < -0.39 is 0 Å². The molecule has 1 saturated heterocycles. The second-order valence-electron chi connectivity index (χ2n) is 5.98. The van der Waals surface area contributed by atoms with Crippen molar-refractivity contribution in [2.75, 3.05) is 33.3 Å². The average Bonchev–Trinajstić information content (AvgIpc) is 3.32. The number of rotatable bonds is 5. The fraction of sp³-hybridized carbons (Fsp3) is 0.562. The second-order valence-corrected chi connectivity index (χ2v) is 5.98. The van der Waals surface area contributed by atoms with Gasteiger partial charge in [0.05, 0.1) is 7.11 Å². The molecule has 0 spiro atoms. The highest BCUT2D eigenvalue weighted by molar-refractivity contribution is 5.95. The molecule has 0 aromatic heterocycles. The maximum Gasteiger partial charge on any atom is 0.123 e. The van der Waals surface area contributed by atoms with Crippen LogP contribution < -0.4 is 10.5 Å². The highest BCUT2D eigenvalue weighted by Crippen LogP contribution is 2.28. The summed E-state index contributed by atoms with van der Waals surface area (Å²) in [5.74, 6) is 0.988. The minimum absolute atomic E-state index is 0.109. The first-order chi connectivity index (χ1) is 10.2. The van der Waals surface area contributed by atoms with Crippen LogP contribution in [0.4, 0.5) is 0 Å². The van der Waals surface area contributed by atoms with Crippen LogP contribution in [0.15, 0.2) is 18.2 Å². The van der Waals surface area contributed by atoms with Crippen LogP contribution in [0.1, 0.15) is 24.0 Å². The Kier molecular flexibility index (Phi) is 4.12. The van der Waals surface area contributed by atoms with Gasteiger partial charge in [-0.3, -0.25) is 15.2 Å². The van der Waals surface area contributed by atoms with Gasteiger partial charge in [0.25, 0.3) is 0 Å². The molecule has 1 saturated carbocycles. The number of methoxy groups -OCH3 is 1. The third-order valence-corrected chi connectivity index (χ3v) is 4.46. The van der Waals surface area contributed by atoms with Crippen LogP contribution in [0, 0.1) is 5.41 Å². The maximum absolute atomic E-state index is 7.58. The number of hydrogen-bond donors (Lipinski definition) is 2. The molecule has 1 heterocycles. The van der Waals surface area contributed by atoms with Gasteiger partial charge in [-0.05, 0) is 31.0 Å². The van der Waals surface area contributed by atoms with Gasteiger partial charge in [0.15, 0.2) is 0 Å². The minimum Gasteiger partial charge on any atom is -0.496 e. The Labute approximate surface area is 126 Å². The highest BCUT2D eigenvalue weighted by Gasteiger charge is 2.31. The topological polar surface area (TPSA) is 65.6 Å². The lowest BCUT2D eigenvalue weighted by Gasteiger charge is -2.35. The Morgan fingerprint density at radius 2 is 2.00 bits per heavy atom. The smallest absolute Gasteiger partial charge is 0.123 e. The van der Waals surface area contributed by atoms with Crippen molar-refractivity contribution in [2.45, 2.75) is 25.4 Å². The summed E-state index contributed by atoms with van der Waals surface area (Å²) in [4.78, 5) is 5.07. The molecule has 21 heavy (non-hydrogen) atoms. The molecule has 5 heteroatoms. The molecule has 2 aliphatic rings. The number of benzene rings is 1. The largest absolute Gasteiger partial charge is 0.496 e. The second kappa shape index (κ2) is 6.03. The number of nitrogens with one attached hydrogen (secondary N) is 1. The summed E-state index contributed by atoms with van der Waals surface area (Å²) in [6, 6.07) is 6.60. The molecule has 0 atom stereocenters. The van der Waals surface area contributed by atoms with Crippen molar-refractivity contribution < 1.29 is 4.74 Å². The summed E-state index contributed by atoms with van der Waals surface area (Å²) in [6.07, 6.45) is 2.77. The highest BCUT2D eigenvalue weighted by atomic mass is 16.5. The third kappa shape index (κ3) is 3.36. The van der Waals surface area contributed by atoms with Gasteiger partial charge in [-0.1, -0.05) is 0 Å². The van der Waals surface area contributed by atoms with E-state index in [4.69, 9.17) is 15.9 Å². The summed E-state index contributed by atoms with van der Waals surface area (Å²) in [5, 5.41) is 7.58. The Morgan fingerprint density at radius 3 is 2.57 bits per heavy atom. The molecule has 3 rings (SSSR count). The normalized spacial score (nSPS) is 20.4. The molecular formula is C16H24N4O. The van der Waals surface area contributed by atoms with Crippen molar-refractivity contribution in [2.24, 2.45) is 5.73 Å². The first-order valence-electron chi connectivity index (χ1n) is 7.65. The van der Waals surface area contributed by atoms with E-state index in [0.29, 0.717) is 0 Å². The third-order valence-electron chi connectivity index (χ3n) is 4.46. The van der Waals surface area contributed by atoms with Crippen molar-refractivity contribution in [3.05, 3.63) is 29.3 Å². The molecule has 5 nitrogen and oxygen atoms in total. The number of nitrogen functional groups attached to an aromatic ring is 1. The number of piperazine rings is 1. The first kappa shape index (κ1) is 14.4. The number of ether oxygens (including phenoxy) is 1. The minimum atomic E-state index is 0.109. The summed E-state index contributed by atoms with van der Waals surface area (Å²) >= 11 is 0. The number of nitrogens with zero attached hydrogens (tertiary/aromatic N) is 2. The predicted octanol–water partition coefficient (Wildman–Crippen LogP) is 1.26. The molecule has 114 valence electrons. The number of nitrogens with two attached hydrogens (primary N) is 1. The number of amidine groups is 1. The molecule has 0 amide bonds. The van der Waals surface area contributed by atoms with E-state index in [1.165, 1.54) is 25.9 Å². The van der Waals surface area contributed by atoms with Gasteiger partial charge in [0.1, 0.15) is 11.6 Å². The van der Waals surface area contributed by atoms with Crippen LogP contribution in [-0.2, 0) is 6.54 Å². The van der Waals surface area contributed by atoms with Crippen LogP contribution in [-0.4, -0.2) is 55.0 Å². The van der Waals surface area contributed by atoms with Crippen molar-refractivity contribution in [3.63, 3.8) is 0 Å². The van der Waals surface area contributed by atoms with Crippen LogP contribution in [0.2, 0.25) is 0 Å². The van der Waals surface area contributed by atoms with Gasteiger partial charge in [-0.2, -0.15) is 0 Å². The number of hydrogen-bond acceptors (Lipinski definition) is 4. The van der Waals surface area contributed by atoms with E-state index in [0.717, 1.165) is 42.6 Å². The maximum atomic E-state index is 7.58. The molecule has 3 N–H and O–H groups in total. The van der Waals surface area contributed by atoms with Gasteiger partial charge in [-0.15, -0.1) is 0 Å². The molecule has 1 aromatic carbocycles. The predicted molar refractivity (Wildman–Crippen MR) is 83.9 cm³/mol. The lowest BCUT2D eigenvalue weighted by molar-refractivity contribution is 0.121. The van der Waals surface area contributed by atoms with E-state index in [2.05, 4.69) is 9.80 Å². The molecule has 1 aliphatic carbocycles. The van der Waals surface area contributed by atoms with Crippen LogP contribution in [0.3, 0.4) is 0 Å². The van der Waals surface area contributed by atoms with Gasteiger partial charge < -0.3 is 10.5 Å². The first-order valence-corrected chi connectivity index (χ1v) is 7.65. The summed E-state index contributed by atoms with van der Waals surface area (Å²) in [5.41, 5.74) is 7.47. The van der Waals surface area contributed by atoms with E-state index in [9.17, 15) is 0 Å². The lowest BCUT2D eigenvalue weighted by Crippen LogP contribution is -2.46. The summed E-state index contributed by atoms with van der Waals surface area (Å²) in [6.45, 7) is 5.40. The van der Waals surface area contributed by atoms with Crippen LogP contribution >= 0.6 is 0 Å². The van der Waals surface area contributed by atoms with Crippen LogP contribution in [0.25, 0.3) is 0 Å². The Hall–Kier alpha value is -1.59. The van der Waals surface area contributed by atoms with Gasteiger partial charge >= 0.3 is 0 Å².